The summed E-state index contributed by atoms with van der Waals surface area (Å²) >= 11 is 12.3. The largest absolute Gasteiger partial charge is 0.492 e. The Labute approximate surface area is 129 Å². The standard InChI is InChI=1S/C16H17Cl2NO/c1-3-20-16-9-11(2)7-8-15(16)19-10-12-13(17)5-4-6-14(12)18/h4-9,19H,3,10H2,1-2H3. The fourth-order valence-corrected chi connectivity index (χ4v) is 2.47. The first kappa shape index (κ1) is 15.0. The highest BCUT2D eigenvalue weighted by Gasteiger charge is 2.08. The van der Waals surface area contributed by atoms with E-state index < -0.39 is 0 Å². The van der Waals surface area contributed by atoms with Crippen LogP contribution in [0.3, 0.4) is 0 Å². The molecule has 0 unspecified atom stereocenters. The molecule has 0 atom stereocenters. The second kappa shape index (κ2) is 6.87. The third kappa shape index (κ3) is 3.59. The van der Waals surface area contributed by atoms with Crippen LogP contribution < -0.4 is 10.1 Å². The van der Waals surface area contributed by atoms with Crippen molar-refractivity contribution in [3.8, 4) is 5.75 Å². The van der Waals surface area contributed by atoms with Crippen LogP contribution >= 0.6 is 23.2 Å². The zero-order valence-corrected chi connectivity index (χ0v) is 13.1. The van der Waals surface area contributed by atoms with Crippen molar-refractivity contribution in [1.29, 1.82) is 0 Å². The third-order valence-corrected chi connectivity index (χ3v) is 3.66. The number of benzene rings is 2. The normalized spacial score (nSPS) is 10.4. The van der Waals surface area contributed by atoms with Gasteiger partial charge in [0.25, 0.3) is 0 Å². The molecule has 0 aliphatic rings. The Hall–Kier alpha value is -1.38. The van der Waals surface area contributed by atoms with Gasteiger partial charge in [0, 0.05) is 22.2 Å². The number of anilines is 1. The van der Waals surface area contributed by atoms with Crippen LogP contribution in [0, 0.1) is 6.92 Å². The number of ether oxygens (including phenoxy) is 1. The van der Waals surface area contributed by atoms with E-state index in [0.29, 0.717) is 23.2 Å². The van der Waals surface area contributed by atoms with E-state index in [9.17, 15) is 0 Å². The van der Waals surface area contributed by atoms with E-state index in [1.807, 2.05) is 50.2 Å². The van der Waals surface area contributed by atoms with Crippen molar-refractivity contribution < 1.29 is 4.74 Å². The molecule has 2 aromatic carbocycles. The maximum atomic E-state index is 6.17. The van der Waals surface area contributed by atoms with E-state index >= 15 is 0 Å². The predicted octanol–water partition coefficient (Wildman–Crippen LogP) is 5.31. The van der Waals surface area contributed by atoms with Crippen LogP contribution in [0.15, 0.2) is 36.4 Å². The summed E-state index contributed by atoms with van der Waals surface area (Å²) in [4.78, 5) is 0. The number of aryl methyl sites for hydroxylation is 1. The molecule has 2 aromatic rings. The van der Waals surface area contributed by atoms with Crippen LogP contribution in [-0.2, 0) is 6.54 Å². The lowest BCUT2D eigenvalue weighted by Crippen LogP contribution is -2.04. The van der Waals surface area contributed by atoms with E-state index in [2.05, 4.69) is 5.32 Å². The Balaban J connectivity index is 2.18. The van der Waals surface area contributed by atoms with Gasteiger partial charge in [0.1, 0.15) is 5.75 Å². The lowest BCUT2D eigenvalue weighted by Gasteiger charge is -2.14. The molecule has 0 aliphatic heterocycles. The number of nitrogens with one attached hydrogen (secondary N) is 1. The van der Waals surface area contributed by atoms with Gasteiger partial charge in [-0.25, -0.2) is 0 Å². The molecule has 1 N–H and O–H groups in total. The van der Waals surface area contributed by atoms with Crippen LogP contribution in [0.5, 0.6) is 5.75 Å². The van der Waals surface area contributed by atoms with E-state index in [-0.39, 0.29) is 0 Å². The number of halogens is 2. The molecule has 4 heteroatoms. The highest BCUT2D eigenvalue weighted by molar-refractivity contribution is 6.36. The molecule has 106 valence electrons. The van der Waals surface area contributed by atoms with E-state index in [4.69, 9.17) is 27.9 Å². The van der Waals surface area contributed by atoms with Crippen molar-refractivity contribution in [2.45, 2.75) is 20.4 Å². The number of hydrogen-bond donors (Lipinski definition) is 1. The molecule has 0 saturated carbocycles. The average molecular weight is 310 g/mol. The van der Waals surface area contributed by atoms with E-state index in [0.717, 1.165) is 22.6 Å². The van der Waals surface area contributed by atoms with Gasteiger partial charge < -0.3 is 10.1 Å². The van der Waals surface area contributed by atoms with Gasteiger partial charge in [-0.3, -0.25) is 0 Å². The van der Waals surface area contributed by atoms with Gasteiger partial charge >= 0.3 is 0 Å². The lowest BCUT2D eigenvalue weighted by atomic mass is 10.2. The van der Waals surface area contributed by atoms with Gasteiger partial charge in [0.05, 0.1) is 12.3 Å². The van der Waals surface area contributed by atoms with Crippen molar-refractivity contribution in [2.75, 3.05) is 11.9 Å². The molecule has 0 fully saturated rings. The minimum Gasteiger partial charge on any atom is -0.492 e. The predicted molar refractivity (Wildman–Crippen MR) is 86.1 cm³/mol. The number of hydrogen-bond acceptors (Lipinski definition) is 2. The lowest BCUT2D eigenvalue weighted by molar-refractivity contribution is 0.341. The Morgan fingerprint density at radius 1 is 1.10 bits per heavy atom. The topological polar surface area (TPSA) is 21.3 Å². The first-order valence-electron chi connectivity index (χ1n) is 6.52. The Morgan fingerprint density at radius 3 is 2.45 bits per heavy atom. The van der Waals surface area contributed by atoms with Gasteiger partial charge in [0.2, 0.25) is 0 Å². The molecule has 2 nitrogen and oxygen atoms in total. The molecular formula is C16H17Cl2NO. The van der Waals surface area contributed by atoms with Gasteiger partial charge in [0.15, 0.2) is 0 Å². The van der Waals surface area contributed by atoms with Crippen LogP contribution in [0.25, 0.3) is 0 Å². The zero-order valence-electron chi connectivity index (χ0n) is 11.5. The molecule has 20 heavy (non-hydrogen) atoms. The quantitative estimate of drug-likeness (QED) is 0.807. The summed E-state index contributed by atoms with van der Waals surface area (Å²) < 4.78 is 5.64. The minimum atomic E-state index is 0.557. The molecule has 0 aromatic heterocycles. The van der Waals surface area contributed by atoms with Crippen molar-refractivity contribution in [3.05, 3.63) is 57.6 Å². The molecule has 0 bridgehead atoms. The first-order chi connectivity index (χ1) is 9.61. The monoisotopic (exact) mass is 309 g/mol. The summed E-state index contributed by atoms with van der Waals surface area (Å²) in [5.41, 5.74) is 2.99. The maximum Gasteiger partial charge on any atom is 0.142 e. The Morgan fingerprint density at radius 2 is 1.80 bits per heavy atom. The molecule has 0 amide bonds. The molecule has 2 rings (SSSR count). The summed E-state index contributed by atoms with van der Waals surface area (Å²) in [6.07, 6.45) is 0. The van der Waals surface area contributed by atoms with Crippen LogP contribution in [-0.4, -0.2) is 6.61 Å². The zero-order chi connectivity index (χ0) is 14.5. The fraction of sp³-hybridized carbons (Fsp3) is 0.250. The van der Waals surface area contributed by atoms with Crippen LogP contribution in [0.2, 0.25) is 10.0 Å². The Bertz CT molecular complexity index is 579. The summed E-state index contributed by atoms with van der Waals surface area (Å²) in [6.45, 7) is 5.20. The maximum absolute atomic E-state index is 6.17. The minimum absolute atomic E-state index is 0.557. The van der Waals surface area contributed by atoms with Crippen molar-refractivity contribution >= 4 is 28.9 Å². The van der Waals surface area contributed by atoms with Crippen molar-refractivity contribution in [3.63, 3.8) is 0 Å². The van der Waals surface area contributed by atoms with Crippen LogP contribution in [0.1, 0.15) is 18.1 Å². The summed E-state index contributed by atoms with van der Waals surface area (Å²) in [5, 5.41) is 4.65. The molecular weight excluding hydrogens is 293 g/mol. The molecule has 0 aliphatic carbocycles. The SMILES string of the molecule is CCOc1cc(C)ccc1NCc1c(Cl)cccc1Cl. The molecule has 0 saturated heterocycles. The highest BCUT2D eigenvalue weighted by Crippen LogP contribution is 2.29. The summed E-state index contributed by atoms with van der Waals surface area (Å²) in [6, 6.07) is 11.6. The second-order valence-electron chi connectivity index (χ2n) is 4.49. The van der Waals surface area contributed by atoms with Gasteiger partial charge in [-0.05, 0) is 43.7 Å². The molecule has 0 radical (unpaired) electrons. The first-order valence-corrected chi connectivity index (χ1v) is 7.27. The van der Waals surface area contributed by atoms with Crippen molar-refractivity contribution in [1.82, 2.24) is 0 Å². The number of rotatable bonds is 5. The summed E-state index contributed by atoms with van der Waals surface area (Å²) in [5.74, 6) is 0.843. The second-order valence-corrected chi connectivity index (χ2v) is 5.30. The van der Waals surface area contributed by atoms with Gasteiger partial charge in [-0.1, -0.05) is 35.3 Å². The molecule has 0 heterocycles. The van der Waals surface area contributed by atoms with E-state index in [1.54, 1.807) is 0 Å². The Kier molecular flexibility index (Phi) is 5.16. The van der Waals surface area contributed by atoms with E-state index in [1.165, 1.54) is 0 Å². The van der Waals surface area contributed by atoms with Crippen LogP contribution in [0.4, 0.5) is 5.69 Å². The summed E-state index contributed by atoms with van der Waals surface area (Å²) in [7, 11) is 0. The van der Waals surface area contributed by atoms with Crippen molar-refractivity contribution in [2.24, 2.45) is 0 Å². The highest BCUT2D eigenvalue weighted by atomic mass is 35.5. The molecule has 0 spiro atoms. The average Bonchev–Trinajstić information content (AvgIpc) is 2.40. The van der Waals surface area contributed by atoms with Gasteiger partial charge in [-0.15, -0.1) is 0 Å². The fourth-order valence-electron chi connectivity index (χ4n) is 1.94. The third-order valence-electron chi connectivity index (χ3n) is 2.95. The van der Waals surface area contributed by atoms with Gasteiger partial charge in [-0.2, -0.15) is 0 Å². The smallest absolute Gasteiger partial charge is 0.142 e.